The number of ketones is 2. The first kappa shape index (κ1) is 28.2. The maximum atomic E-state index is 13.3. The highest BCUT2D eigenvalue weighted by atomic mass is 19.1. The van der Waals surface area contributed by atoms with Crippen molar-refractivity contribution in [2.75, 3.05) is 13.2 Å². The summed E-state index contributed by atoms with van der Waals surface area (Å²) in [5, 5.41) is 0. The van der Waals surface area contributed by atoms with Gasteiger partial charge in [-0.3, -0.25) is 9.59 Å². The Balaban J connectivity index is 1.19. The predicted molar refractivity (Wildman–Crippen MR) is 153 cm³/mol. The quantitative estimate of drug-likeness (QED) is 0.0983. The van der Waals surface area contributed by atoms with Crippen LogP contribution in [0.1, 0.15) is 44.7 Å². The molecule has 0 saturated carbocycles. The van der Waals surface area contributed by atoms with Gasteiger partial charge in [-0.15, -0.1) is 0 Å². The molecule has 0 unspecified atom stereocenters. The van der Waals surface area contributed by atoms with Crippen molar-refractivity contribution in [3.05, 3.63) is 143 Å². The van der Waals surface area contributed by atoms with Crippen molar-refractivity contribution in [1.82, 2.24) is 0 Å². The summed E-state index contributed by atoms with van der Waals surface area (Å²) in [6.07, 6.45) is 7.44. The normalized spacial score (nSPS) is 11.2. The number of benzene rings is 4. The molecule has 0 bridgehead atoms. The first-order chi connectivity index (χ1) is 19.5. The largest absolute Gasteiger partial charge is 0.494 e. The minimum Gasteiger partial charge on any atom is -0.494 e. The molecule has 0 saturated heterocycles. The van der Waals surface area contributed by atoms with Crippen LogP contribution in [0.5, 0.6) is 11.5 Å². The van der Waals surface area contributed by atoms with Gasteiger partial charge in [-0.05, 0) is 84.7 Å². The zero-order chi connectivity index (χ0) is 28.2. The Morgan fingerprint density at radius 3 is 1.43 bits per heavy atom. The van der Waals surface area contributed by atoms with E-state index >= 15 is 0 Å². The number of hydrogen-bond donors (Lipinski definition) is 0. The summed E-state index contributed by atoms with van der Waals surface area (Å²) < 4.78 is 38.2. The summed E-state index contributed by atoms with van der Waals surface area (Å²) in [5.74, 6) is 0.0599. The third-order valence-electron chi connectivity index (χ3n) is 5.86. The number of ether oxygens (including phenoxy) is 2. The lowest BCUT2D eigenvalue weighted by atomic mass is 10.1. The van der Waals surface area contributed by atoms with Crippen molar-refractivity contribution < 1.29 is 27.8 Å². The van der Waals surface area contributed by atoms with E-state index in [1.165, 1.54) is 36.4 Å². The van der Waals surface area contributed by atoms with Gasteiger partial charge in [0.15, 0.2) is 11.6 Å². The zero-order valence-electron chi connectivity index (χ0n) is 21.8. The number of hydrogen-bond acceptors (Lipinski definition) is 4. The Morgan fingerprint density at radius 1 is 0.575 bits per heavy atom. The molecular formula is C34H28F2O4. The third-order valence-corrected chi connectivity index (χ3v) is 5.86. The number of rotatable bonds is 13. The summed E-state index contributed by atoms with van der Waals surface area (Å²) >= 11 is 0. The molecule has 0 heterocycles. The summed E-state index contributed by atoms with van der Waals surface area (Å²) in [5.41, 5.74) is 2.18. The van der Waals surface area contributed by atoms with Crippen LogP contribution in [-0.2, 0) is 0 Å². The van der Waals surface area contributed by atoms with Crippen molar-refractivity contribution in [2.45, 2.75) is 12.8 Å². The van der Waals surface area contributed by atoms with Gasteiger partial charge in [-0.25, -0.2) is 8.78 Å². The second-order valence-electron chi connectivity index (χ2n) is 8.96. The molecule has 0 aromatic heterocycles. The summed E-state index contributed by atoms with van der Waals surface area (Å²) in [7, 11) is 0. The lowest BCUT2D eigenvalue weighted by molar-refractivity contribution is 0.103. The fourth-order valence-corrected chi connectivity index (χ4v) is 3.82. The molecule has 4 nitrogen and oxygen atoms in total. The van der Waals surface area contributed by atoms with Crippen LogP contribution in [0.4, 0.5) is 8.78 Å². The fourth-order valence-electron chi connectivity index (χ4n) is 3.82. The molecule has 0 spiro atoms. The average Bonchev–Trinajstić information content (AvgIpc) is 2.97. The summed E-state index contributed by atoms with van der Waals surface area (Å²) in [6, 6.07) is 25.9. The Labute approximate surface area is 232 Å². The molecule has 40 heavy (non-hydrogen) atoms. The van der Waals surface area contributed by atoms with Crippen molar-refractivity contribution in [3.63, 3.8) is 0 Å². The van der Waals surface area contributed by atoms with E-state index in [1.54, 1.807) is 84.9 Å². The highest BCUT2D eigenvalue weighted by Crippen LogP contribution is 2.17. The number of allylic oxidation sites excluding steroid dienone is 2. The maximum absolute atomic E-state index is 13.3. The molecule has 0 fully saturated rings. The van der Waals surface area contributed by atoms with Crippen LogP contribution in [-0.4, -0.2) is 24.8 Å². The van der Waals surface area contributed by atoms with Crippen LogP contribution < -0.4 is 9.47 Å². The van der Waals surface area contributed by atoms with Gasteiger partial charge in [0.2, 0.25) is 0 Å². The lowest BCUT2D eigenvalue weighted by Crippen LogP contribution is -2.04. The first-order valence-corrected chi connectivity index (χ1v) is 12.9. The fraction of sp³-hybridized carbons (Fsp3) is 0.118. The van der Waals surface area contributed by atoms with Gasteiger partial charge in [-0.2, -0.15) is 0 Å². The SMILES string of the molecule is O=C(/C=C/c1cccc(F)c1)c1cccc(OCCCCOc2cccc(C(=O)/C=C/c3cccc(F)c3)c2)c1. The van der Waals surface area contributed by atoms with Crippen LogP contribution in [0.15, 0.2) is 109 Å². The molecule has 0 N–H and O–H groups in total. The maximum Gasteiger partial charge on any atom is 0.185 e. The summed E-state index contributed by atoms with van der Waals surface area (Å²) in [6.45, 7) is 0.896. The standard InChI is InChI=1S/C34H28F2O4/c35-29-11-3-7-25(21-29)15-17-33(37)27-9-5-13-31(23-27)39-19-1-2-20-40-32-14-6-10-28(24-32)34(38)18-16-26-8-4-12-30(36)22-26/h3-18,21-24H,1-2,19-20H2/b17-15+,18-16+. The smallest absolute Gasteiger partial charge is 0.185 e. The van der Waals surface area contributed by atoms with E-state index in [0.29, 0.717) is 47.0 Å². The molecule has 0 radical (unpaired) electrons. The molecule has 202 valence electrons. The molecule has 0 aliphatic carbocycles. The molecule has 0 aliphatic rings. The molecule has 4 aromatic rings. The molecule has 6 heteroatoms. The van der Waals surface area contributed by atoms with Gasteiger partial charge in [0.25, 0.3) is 0 Å². The van der Waals surface area contributed by atoms with Gasteiger partial charge in [0.05, 0.1) is 13.2 Å². The number of carbonyl (C=O) groups is 2. The number of halogens is 2. The highest BCUT2D eigenvalue weighted by molar-refractivity contribution is 6.07. The van der Waals surface area contributed by atoms with E-state index in [4.69, 9.17) is 9.47 Å². The lowest BCUT2D eigenvalue weighted by Gasteiger charge is -2.09. The second kappa shape index (κ2) is 14.4. The Hall–Kier alpha value is -4.84. The van der Waals surface area contributed by atoms with E-state index in [1.807, 2.05) is 0 Å². The van der Waals surface area contributed by atoms with Crippen LogP contribution in [0.25, 0.3) is 12.2 Å². The van der Waals surface area contributed by atoms with Crippen LogP contribution in [0.3, 0.4) is 0 Å². The average molecular weight is 539 g/mol. The number of carbonyl (C=O) groups excluding carboxylic acids is 2. The van der Waals surface area contributed by atoms with Crippen molar-refractivity contribution in [2.24, 2.45) is 0 Å². The predicted octanol–water partition coefficient (Wildman–Crippen LogP) is 8.00. The minimum atomic E-state index is -0.356. The Kier molecular flexibility index (Phi) is 10.1. The highest BCUT2D eigenvalue weighted by Gasteiger charge is 2.06. The van der Waals surface area contributed by atoms with Gasteiger partial charge in [-0.1, -0.05) is 60.7 Å². The van der Waals surface area contributed by atoms with Gasteiger partial charge in [0, 0.05) is 11.1 Å². The third kappa shape index (κ3) is 8.88. The number of unbranched alkanes of at least 4 members (excludes halogenated alkanes) is 1. The van der Waals surface area contributed by atoms with Gasteiger partial charge >= 0.3 is 0 Å². The molecular weight excluding hydrogens is 510 g/mol. The minimum absolute atomic E-state index is 0.201. The molecule has 4 rings (SSSR count). The van der Waals surface area contributed by atoms with Crippen LogP contribution in [0.2, 0.25) is 0 Å². The zero-order valence-corrected chi connectivity index (χ0v) is 21.8. The van der Waals surface area contributed by atoms with E-state index in [2.05, 4.69) is 0 Å². The molecule has 4 aromatic carbocycles. The summed E-state index contributed by atoms with van der Waals surface area (Å²) in [4.78, 5) is 25.0. The van der Waals surface area contributed by atoms with E-state index in [0.717, 1.165) is 12.8 Å². The van der Waals surface area contributed by atoms with E-state index < -0.39 is 0 Å². The Morgan fingerprint density at radius 2 is 1.00 bits per heavy atom. The van der Waals surface area contributed by atoms with Gasteiger partial charge in [0.1, 0.15) is 23.1 Å². The molecule has 0 amide bonds. The first-order valence-electron chi connectivity index (χ1n) is 12.9. The van der Waals surface area contributed by atoms with Crippen molar-refractivity contribution in [1.29, 1.82) is 0 Å². The monoisotopic (exact) mass is 538 g/mol. The van der Waals surface area contributed by atoms with E-state index in [-0.39, 0.29) is 23.2 Å². The molecule has 0 aliphatic heterocycles. The topological polar surface area (TPSA) is 52.6 Å². The van der Waals surface area contributed by atoms with Crippen molar-refractivity contribution >= 4 is 23.7 Å². The molecule has 0 atom stereocenters. The van der Waals surface area contributed by atoms with Crippen LogP contribution in [0, 0.1) is 11.6 Å². The van der Waals surface area contributed by atoms with Crippen molar-refractivity contribution in [3.8, 4) is 11.5 Å². The Bertz CT molecular complexity index is 1410. The van der Waals surface area contributed by atoms with Gasteiger partial charge < -0.3 is 9.47 Å². The van der Waals surface area contributed by atoms with E-state index in [9.17, 15) is 18.4 Å². The second-order valence-corrected chi connectivity index (χ2v) is 8.96. The van der Waals surface area contributed by atoms with Crippen LogP contribution >= 0.6 is 0 Å².